The van der Waals surface area contributed by atoms with Crippen molar-refractivity contribution in [2.24, 2.45) is 0 Å². The van der Waals surface area contributed by atoms with Crippen molar-refractivity contribution in [3.05, 3.63) is 82.6 Å². The van der Waals surface area contributed by atoms with E-state index in [0.29, 0.717) is 0 Å². The highest BCUT2D eigenvalue weighted by atomic mass is 32.1. The average molecular weight is 422 g/mol. The fourth-order valence-corrected chi connectivity index (χ4v) is 4.74. The zero-order valence-corrected chi connectivity index (χ0v) is 18.5. The molecule has 0 spiro atoms. The maximum absolute atomic E-state index is 6.56. The van der Waals surface area contributed by atoms with Crippen LogP contribution in [0.25, 0.3) is 0 Å². The summed E-state index contributed by atoms with van der Waals surface area (Å²) in [6, 6.07) is 23.5. The molecule has 1 fully saturated rings. The summed E-state index contributed by atoms with van der Waals surface area (Å²) in [5.74, 6) is 1.01. The van der Waals surface area contributed by atoms with E-state index in [9.17, 15) is 0 Å². The number of anilines is 1. The second kappa shape index (κ2) is 10.6. The van der Waals surface area contributed by atoms with Crippen molar-refractivity contribution in [1.82, 2.24) is 10.2 Å². The van der Waals surface area contributed by atoms with Crippen molar-refractivity contribution in [2.75, 3.05) is 44.7 Å². The maximum atomic E-state index is 6.56. The van der Waals surface area contributed by atoms with Crippen LogP contribution in [-0.2, 0) is 6.54 Å². The summed E-state index contributed by atoms with van der Waals surface area (Å²) in [5, 5.41) is 5.38. The van der Waals surface area contributed by atoms with E-state index in [1.54, 1.807) is 11.3 Å². The second-order valence-electron chi connectivity index (χ2n) is 7.72. The standard InChI is InChI=1S/C25H31N3OS/c1-26-14-13-24(25-12-7-19-30-25)29-23-11-6-5-8-21(23)20-27-15-17-28(18-16-27)22-9-3-2-4-10-22/h2-12,19,24,26H,13-18,20H2,1H3. The van der Waals surface area contributed by atoms with Crippen LogP contribution >= 0.6 is 11.3 Å². The number of ether oxygens (including phenoxy) is 1. The Hall–Kier alpha value is -2.34. The fourth-order valence-electron chi connectivity index (χ4n) is 3.96. The van der Waals surface area contributed by atoms with Crippen molar-refractivity contribution < 1.29 is 4.74 Å². The highest BCUT2D eigenvalue weighted by Crippen LogP contribution is 2.31. The molecule has 30 heavy (non-hydrogen) atoms. The van der Waals surface area contributed by atoms with Crippen LogP contribution in [0.1, 0.15) is 23.0 Å². The van der Waals surface area contributed by atoms with Crippen LogP contribution < -0.4 is 15.0 Å². The van der Waals surface area contributed by atoms with E-state index in [-0.39, 0.29) is 6.10 Å². The molecule has 0 radical (unpaired) electrons. The van der Waals surface area contributed by atoms with Gasteiger partial charge in [0.2, 0.25) is 0 Å². The van der Waals surface area contributed by atoms with E-state index in [4.69, 9.17) is 4.74 Å². The van der Waals surface area contributed by atoms with Gasteiger partial charge in [0.1, 0.15) is 11.9 Å². The van der Waals surface area contributed by atoms with Crippen LogP contribution in [0.3, 0.4) is 0 Å². The molecule has 1 aromatic heterocycles. The molecular formula is C25H31N3OS. The summed E-state index contributed by atoms with van der Waals surface area (Å²) in [6.45, 7) is 6.13. The molecule has 0 bridgehead atoms. The molecule has 1 aliphatic heterocycles. The van der Waals surface area contributed by atoms with E-state index in [1.807, 2.05) is 7.05 Å². The van der Waals surface area contributed by atoms with Gasteiger partial charge in [-0.3, -0.25) is 4.90 Å². The lowest BCUT2D eigenvalue weighted by molar-refractivity contribution is 0.190. The van der Waals surface area contributed by atoms with Gasteiger partial charge in [-0.05, 0) is 43.2 Å². The van der Waals surface area contributed by atoms with E-state index >= 15 is 0 Å². The Labute approximate surface area is 184 Å². The number of para-hydroxylation sites is 2. The lowest BCUT2D eigenvalue weighted by Crippen LogP contribution is -2.46. The number of rotatable bonds is 9. The summed E-state index contributed by atoms with van der Waals surface area (Å²) < 4.78 is 6.56. The normalized spacial score (nSPS) is 15.8. The first-order valence-corrected chi connectivity index (χ1v) is 11.7. The summed E-state index contributed by atoms with van der Waals surface area (Å²) in [7, 11) is 1.99. The van der Waals surface area contributed by atoms with Crippen molar-refractivity contribution in [2.45, 2.75) is 19.1 Å². The van der Waals surface area contributed by atoms with Gasteiger partial charge in [0.15, 0.2) is 0 Å². The fraction of sp³-hybridized carbons (Fsp3) is 0.360. The predicted octanol–water partition coefficient (Wildman–Crippen LogP) is 4.80. The molecule has 2 aromatic carbocycles. The molecule has 4 nitrogen and oxygen atoms in total. The summed E-state index contributed by atoms with van der Waals surface area (Å²) in [4.78, 5) is 6.30. The van der Waals surface area contributed by atoms with Gasteiger partial charge in [-0.2, -0.15) is 0 Å². The van der Waals surface area contributed by atoms with Crippen molar-refractivity contribution in [3.8, 4) is 5.75 Å². The SMILES string of the molecule is CNCCC(Oc1ccccc1CN1CCN(c2ccccc2)CC1)c1cccs1. The lowest BCUT2D eigenvalue weighted by Gasteiger charge is -2.36. The first-order valence-electron chi connectivity index (χ1n) is 10.8. The van der Waals surface area contributed by atoms with Crippen molar-refractivity contribution in [1.29, 1.82) is 0 Å². The Balaban J connectivity index is 1.40. The average Bonchev–Trinajstić information content (AvgIpc) is 3.34. The van der Waals surface area contributed by atoms with Gasteiger partial charge >= 0.3 is 0 Å². The molecule has 0 amide bonds. The van der Waals surface area contributed by atoms with Gasteiger partial charge in [0, 0.05) is 55.3 Å². The molecule has 2 heterocycles. The smallest absolute Gasteiger partial charge is 0.134 e. The summed E-state index contributed by atoms with van der Waals surface area (Å²) in [6.07, 6.45) is 1.05. The Morgan fingerprint density at radius 2 is 1.70 bits per heavy atom. The number of thiophene rings is 1. The molecule has 0 saturated carbocycles. The molecule has 1 aliphatic rings. The molecular weight excluding hydrogens is 390 g/mol. The Bertz CT molecular complexity index is 876. The van der Waals surface area contributed by atoms with E-state index < -0.39 is 0 Å². The minimum atomic E-state index is 0.0912. The Kier molecular flexibility index (Phi) is 7.40. The van der Waals surface area contributed by atoms with Crippen LogP contribution in [0.5, 0.6) is 5.75 Å². The summed E-state index contributed by atoms with van der Waals surface area (Å²) >= 11 is 1.77. The van der Waals surface area contributed by atoms with Gasteiger partial charge in [-0.15, -0.1) is 11.3 Å². The number of hydrogen-bond donors (Lipinski definition) is 1. The lowest BCUT2D eigenvalue weighted by atomic mass is 10.1. The molecule has 158 valence electrons. The number of piperazine rings is 1. The zero-order valence-electron chi connectivity index (χ0n) is 17.7. The molecule has 3 aromatic rings. The van der Waals surface area contributed by atoms with Crippen molar-refractivity contribution in [3.63, 3.8) is 0 Å². The van der Waals surface area contributed by atoms with Crippen LogP contribution in [0.4, 0.5) is 5.69 Å². The van der Waals surface area contributed by atoms with Crippen LogP contribution in [0.15, 0.2) is 72.1 Å². The third kappa shape index (κ3) is 5.42. The second-order valence-corrected chi connectivity index (χ2v) is 8.70. The van der Waals surface area contributed by atoms with E-state index in [0.717, 1.165) is 51.4 Å². The molecule has 4 rings (SSSR count). The maximum Gasteiger partial charge on any atom is 0.134 e. The zero-order chi connectivity index (χ0) is 20.6. The van der Waals surface area contributed by atoms with Crippen molar-refractivity contribution >= 4 is 17.0 Å². The summed E-state index contributed by atoms with van der Waals surface area (Å²) in [5.41, 5.74) is 2.60. The van der Waals surface area contributed by atoms with Crippen LogP contribution in [0, 0.1) is 0 Å². The number of nitrogens with one attached hydrogen (secondary N) is 1. The van der Waals surface area contributed by atoms with Gasteiger partial charge in [-0.25, -0.2) is 0 Å². The topological polar surface area (TPSA) is 27.7 Å². The first kappa shape index (κ1) is 20.9. The molecule has 0 aliphatic carbocycles. The molecule has 5 heteroatoms. The third-order valence-electron chi connectivity index (χ3n) is 5.65. The molecule has 1 N–H and O–H groups in total. The van der Waals surface area contributed by atoms with Gasteiger partial charge in [-0.1, -0.05) is 42.5 Å². The highest BCUT2D eigenvalue weighted by molar-refractivity contribution is 7.10. The van der Waals surface area contributed by atoms with E-state index in [1.165, 1.54) is 16.1 Å². The van der Waals surface area contributed by atoms with Gasteiger partial charge in [0.05, 0.1) is 0 Å². The Morgan fingerprint density at radius 3 is 2.43 bits per heavy atom. The van der Waals surface area contributed by atoms with Gasteiger partial charge in [0.25, 0.3) is 0 Å². The van der Waals surface area contributed by atoms with E-state index in [2.05, 4.69) is 87.2 Å². The molecule has 1 saturated heterocycles. The minimum Gasteiger partial charge on any atom is -0.485 e. The minimum absolute atomic E-state index is 0.0912. The van der Waals surface area contributed by atoms with Gasteiger partial charge < -0.3 is 15.0 Å². The quantitative estimate of drug-likeness (QED) is 0.537. The first-order chi connectivity index (χ1) is 14.8. The van der Waals surface area contributed by atoms with Crippen LogP contribution in [-0.4, -0.2) is 44.7 Å². The monoisotopic (exact) mass is 421 g/mol. The number of benzene rings is 2. The highest BCUT2D eigenvalue weighted by Gasteiger charge is 2.20. The Morgan fingerprint density at radius 1 is 0.933 bits per heavy atom. The van der Waals surface area contributed by atoms with Crippen LogP contribution in [0.2, 0.25) is 0 Å². The molecule has 1 atom stereocenters. The predicted molar refractivity (Wildman–Crippen MR) is 127 cm³/mol. The molecule has 1 unspecified atom stereocenters. The number of nitrogens with zero attached hydrogens (tertiary/aromatic N) is 2. The largest absolute Gasteiger partial charge is 0.485 e. The number of hydrogen-bond acceptors (Lipinski definition) is 5. The third-order valence-corrected chi connectivity index (χ3v) is 6.61.